The van der Waals surface area contributed by atoms with Crippen LogP contribution in [0.5, 0.6) is 11.6 Å². The van der Waals surface area contributed by atoms with Gasteiger partial charge in [-0.05, 0) is 37.1 Å². The van der Waals surface area contributed by atoms with Crippen molar-refractivity contribution in [3.8, 4) is 11.6 Å². The number of rotatable bonds is 9. The molecule has 1 aliphatic rings. The molecular formula is C25H30ClN5O6. The second kappa shape index (κ2) is 14.0. The molecule has 3 aromatic rings. The topological polar surface area (TPSA) is 128 Å². The number of carbonyl (C=O) groups excluding carboxylic acids is 2. The molecule has 0 radical (unpaired) electrons. The number of pyridine rings is 1. The molecule has 2 aromatic heterocycles. The number of methoxy groups -OCH3 is 1. The number of nitrogens with one attached hydrogen (secondary N) is 2. The van der Waals surface area contributed by atoms with Crippen LogP contribution in [0.3, 0.4) is 0 Å². The number of H-pyrrole nitrogens is 1. The van der Waals surface area contributed by atoms with Gasteiger partial charge in [0.2, 0.25) is 5.91 Å². The Balaban J connectivity index is 0.000000356. The number of likely N-dealkylation sites (N-methyl/N-ethyl adjacent to an activating group) is 1. The van der Waals surface area contributed by atoms with Crippen LogP contribution >= 0.6 is 11.6 Å². The lowest BCUT2D eigenvalue weighted by molar-refractivity contribution is -0.131. The van der Waals surface area contributed by atoms with Crippen LogP contribution in [-0.2, 0) is 20.9 Å². The van der Waals surface area contributed by atoms with E-state index in [1.807, 2.05) is 0 Å². The number of aromatic amines is 1. The molecule has 4 rings (SSSR count). The SMILES string of the molecule is CN(CCOc1ccc(Cl)cc1)C(=O)Cn1cc(NC(=O)C2CCCO2)cn1.COc1cc(=O)cc[nH]1. The van der Waals surface area contributed by atoms with Gasteiger partial charge in [-0.2, -0.15) is 5.10 Å². The molecule has 198 valence electrons. The summed E-state index contributed by atoms with van der Waals surface area (Å²) in [5, 5.41) is 7.53. The third kappa shape index (κ3) is 9.28. The highest BCUT2D eigenvalue weighted by Crippen LogP contribution is 2.16. The molecule has 1 aromatic carbocycles. The molecule has 37 heavy (non-hydrogen) atoms. The zero-order chi connectivity index (χ0) is 26.6. The van der Waals surface area contributed by atoms with Gasteiger partial charge in [0, 0.05) is 43.2 Å². The molecule has 1 saturated heterocycles. The quantitative estimate of drug-likeness (QED) is 0.434. The van der Waals surface area contributed by atoms with Crippen molar-refractivity contribution < 1.29 is 23.8 Å². The number of aromatic nitrogens is 3. The van der Waals surface area contributed by atoms with Crippen molar-refractivity contribution in [2.45, 2.75) is 25.5 Å². The average molecular weight is 532 g/mol. The first kappa shape index (κ1) is 27.8. The summed E-state index contributed by atoms with van der Waals surface area (Å²) < 4.78 is 17.2. The molecule has 1 atom stereocenters. The fraction of sp³-hybridized carbons (Fsp3) is 0.360. The standard InChI is InChI=1S/C19H23ClN4O4.C6H7NO2/c1-23(8-10-27-16-6-4-14(20)5-7-16)18(25)13-24-12-15(11-21-24)22-19(26)17-3-2-9-28-17;1-9-6-4-5(8)2-3-7-6/h4-7,11-12,17H,2-3,8-10,13H2,1H3,(H,22,26);2-4H,1H3,(H,7,8). The number of benzene rings is 1. The van der Waals surface area contributed by atoms with E-state index >= 15 is 0 Å². The molecular weight excluding hydrogens is 502 g/mol. The molecule has 12 heteroatoms. The van der Waals surface area contributed by atoms with Crippen LogP contribution in [0.2, 0.25) is 5.02 Å². The van der Waals surface area contributed by atoms with Gasteiger partial charge >= 0.3 is 0 Å². The molecule has 2 amide bonds. The molecule has 1 unspecified atom stereocenters. The first-order valence-electron chi connectivity index (χ1n) is 11.6. The molecule has 3 heterocycles. The van der Waals surface area contributed by atoms with Gasteiger partial charge in [-0.25, -0.2) is 0 Å². The van der Waals surface area contributed by atoms with Crippen LogP contribution < -0.4 is 20.2 Å². The number of hydrogen-bond acceptors (Lipinski definition) is 7. The van der Waals surface area contributed by atoms with E-state index in [4.69, 9.17) is 25.8 Å². The van der Waals surface area contributed by atoms with E-state index in [9.17, 15) is 14.4 Å². The maximum atomic E-state index is 12.3. The number of nitrogens with zero attached hydrogens (tertiary/aromatic N) is 3. The summed E-state index contributed by atoms with van der Waals surface area (Å²) in [6.45, 7) is 1.49. The van der Waals surface area contributed by atoms with Gasteiger partial charge in [-0.1, -0.05) is 11.6 Å². The summed E-state index contributed by atoms with van der Waals surface area (Å²) in [5.74, 6) is 0.895. The van der Waals surface area contributed by atoms with Crippen LogP contribution in [-0.4, -0.2) is 71.5 Å². The van der Waals surface area contributed by atoms with Crippen LogP contribution in [0.1, 0.15) is 12.8 Å². The van der Waals surface area contributed by atoms with Crippen LogP contribution in [0.25, 0.3) is 0 Å². The van der Waals surface area contributed by atoms with Crippen molar-refractivity contribution in [1.29, 1.82) is 0 Å². The Kier molecular flexibility index (Phi) is 10.5. The Morgan fingerprint density at radius 3 is 2.73 bits per heavy atom. The summed E-state index contributed by atoms with van der Waals surface area (Å²) in [6, 6.07) is 9.88. The monoisotopic (exact) mass is 531 g/mol. The largest absolute Gasteiger partial charge is 0.492 e. The molecule has 1 aliphatic heterocycles. The van der Waals surface area contributed by atoms with E-state index in [1.54, 1.807) is 48.6 Å². The van der Waals surface area contributed by atoms with Gasteiger partial charge < -0.3 is 29.4 Å². The maximum absolute atomic E-state index is 12.3. The van der Waals surface area contributed by atoms with Crippen molar-refractivity contribution >= 4 is 29.1 Å². The number of halogens is 1. The highest BCUT2D eigenvalue weighted by atomic mass is 35.5. The molecule has 2 N–H and O–H groups in total. The van der Waals surface area contributed by atoms with E-state index in [0.29, 0.717) is 42.1 Å². The van der Waals surface area contributed by atoms with E-state index < -0.39 is 6.10 Å². The lowest BCUT2D eigenvalue weighted by Gasteiger charge is -2.17. The lowest BCUT2D eigenvalue weighted by Crippen LogP contribution is -2.33. The third-order valence-electron chi connectivity index (χ3n) is 5.32. The van der Waals surface area contributed by atoms with Gasteiger partial charge in [0.1, 0.15) is 25.0 Å². The molecule has 0 saturated carbocycles. The second-order valence-electron chi connectivity index (χ2n) is 8.13. The van der Waals surface area contributed by atoms with E-state index in [0.717, 1.165) is 12.8 Å². The van der Waals surface area contributed by atoms with Crippen molar-refractivity contribution in [2.24, 2.45) is 0 Å². The Morgan fingerprint density at radius 1 is 1.30 bits per heavy atom. The predicted octanol–water partition coefficient (Wildman–Crippen LogP) is 2.57. The van der Waals surface area contributed by atoms with Gasteiger partial charge in [-0.15, -0.1) is 0 Å². The normalized spacial score (nSPS) is 14.3. The zero-order valence-corrected chi connectivity index (χ0v) is 21.4. The van der Waals surface area contributed by atoms with Crippen molar-refractivity contribution in [3.05, 3.63) is 70.2 Å². The number of hydrogen-bond donors (Lipinski definition) is 2. The third-order valence-corrected chi connectivity index (χ3v) is 5.57. The van der Waals surface area contributed by atoms with Gasteiger partial charge in [0.15, 0.2) is 11.3 Å². The molecule has 11 nitrogen and oxygen atoms in total. The first-order valence-corrected chi connectivity index (χ1v) is 12.0. The Morgan fingerprint density at radius 2 is 2.08 bits per heavy atom. The summed E-state index contributed by atoms with van der Waals surface area (Å²) >= 11 is 5.83. The van der Waals surface area contributed by atoms with Crippen LogP contribution in [0.15, 0.2) is 59.8 Å². The Bertz CT molecular complexity index is 1210. The van der Waals surface area contributed by atoms with Crippen molar-refractivity contribution in [2.75, 3.05) is 39.2 Å². The predicted molar refractivity (Wildman–Crippen MR) is 138 cm³/mol. The van der Waals surface area contributed by atoms with Crippen molar-refractivity contribution in [3.63, 3.8) is 0 Å². The minimum Gasteiger partial charge on any atom is -0.492 e. The van der Waals surface area contributed by atoms with E-state index in [-0.39, 0.29) is 23.8 Å². The van der Waals surface area contributed by atoms with Crippen molar-refractivity contribution in [1.82, 2.24) is 19.7 Å². The maximum Gasteiger partial charge on any atom is 0.253 e. The molecule has 1 fully saturated rings. The molecule has 0 bridgehead atoms. The van der Waals surface area contributed by atoms with Gasteiger partial charge in [-0.3, -0.25) is 19.1 Å². The summed E-state index contributed by atoms with van der Waals surface area (Å²) in [5.41, 5.74) is 0.493. The summed E-state index contributed by atoms with van der Waals surface area (Å²) in [6.07, 6.45) is 5.89. The summed E-state index contributed by atoms with van der Waals surface area (Å²) in [4.78, 5) is 39.2. The highest BCUT2D eigenvalue weighted by molar-refractivity contribution is 6.30. The van der Waals surface area contributed by atoms with Crippen LogP contribution in [0.4, 0.5) is 5.69 Å². The lowest BCUT2D eigenvalue weighted by atomic mass is 10.2. The van der Waals surface area contributed by atoms with E-state index in [1.165, 1.54) is 30.1 Å². The number of amides is 2. The Hall–Kier alpha value is -3.83. The molecule has 0 aliphatic carbocycles. The zero-order valence-electron chi connectivity index (χ0n) is 20.7. The number of ether oxygens (including phenoxy) is 3. The first-order chi connectivity index (χ1) is 17.8. The minimum atomic E-state index is -0.406. The fourth-order valence-corrected chi connectivity index (χ4v) is 3.41. The number of carbonyl (C=O) groups is 2. The fourth-order valence-electron chi connectivity index (χ4n) is 3.28. The van der Waals surface area contributed by atoms with Crippen LogP contribution in [0, 0.1) is 0 Å². The smallest absolute Gasteiger partial charge is 0.253 e. The van der Waals surface area contributed by atoms with Gasteiger partial charge in [0.05, 0.1) is 25.5 Å². The average Bonchev–Trinajstić information content (AvgIpc) is 3.58. The minimum absolute atomic E-state index is 0.0504. The van der Waals surface area contributed by atoms with Gasteiger partial charge in [0.25, 0.3) is 5.91 Å². The second-order valence-corrected chi connectivity index (χ2v) is 8.56. The van der Waals surface area contributed by atoms with E-state index in [2.05, 4.69) is 15.4 Å². The summed E-state index contributed by atoms with van der Waals surface area (Å²) in [7, 11) is 3.21. The highest BCUT2D eigenvalue weighted by Gasteiger charge is 2.24. The Labute approximate surface area is 219 Å². The number of anilines is 1. The molecule has 0 spiro atoms.